The van der Waals surface area contributed by atoms with Crippen LogP contribution < -0.4 is 0 Å². The predicted octanol–water partition coefficient (Wildman–Crippen LogP) is -3.34. The van der Waals surface area contributed by atoms with Crippen LogP contribution in [0.5, 0.6) is 0 Å². The number of ether oxygens (including phenoxy) is 9. The second-order valence-corrected chi connectivity index (χ2v) is 30.0. The van der Waals surface area contributed by atoms with Gasteiger partial charge < -0.3 is 135 Å². The van der Waals surface area contributed by atoms with Gasteiger partial charge in [0.15, 0.2) is 25.2 Å². The average molecular weight is 1380 g/mol. The molecular formula is C60H101IO27. The summed E-state index contributed by atoms with van der Waals surface area (Å²) in [4.78, 5) is 0. The molecule has 510 valence electrons. The zero-order valence-corrected chi connectivity index (χ0v) is 53.5. The first-order valence-electron chi connectivity index (χ1n) is 31.4. The van der Waals surface area contributed by atoms with Gasteiger partial charge in [-0.15, -0.1) is 0 Å². The van der Waals surface area contributed by atoms with Crippen molar-refractivity contribution in [3.05, 3.63) is 11.6 Å². The summed E-state index contributed by atoms with van der Waals surface area (Å²) in [6, 6.07) is 0. The van der Waals surface area contributed by atoms with Crippen molar-refractivity contribution in [2.24, 2.45) is 51.2 Å². The Morgan fingerprint density at radius 2 is 1.17 bits per heavy atom. The SMILES string of the molecule is C[C@H](CC[C@@H](O[C@@H]1O[C@H](CO[C@H]2O[C@H](I)[C@@H](O)[C@H](O)[C@H]2O)[C@@H](O)[C@H](O)[C@H]1O[C@@H]1O[C@H](CO)[C@@H](O)[C@H](O)[C@H]1O)C(C)(C)O)C1CC[C@@]2(C)C3CC=C4C(CC[C@H](O[C@@H]5O[C@H](CO)[C@@H](O[C@H]6C[C@H](CO)[C@@H](O)[C@H](O)[C@H]6O)[C@H](O)[C@H]5O)C4(C)C)[C@]3(C)[C@H](O)C[C@]12C. The van der Waals surface area contributed by atoms with Gasteiger partial charge in [0.25, 0.3) is 0 Å². The maximum absolute atomic E-state index is 12.8. The average Bonchev–Trinajstić information content (AvgIpc) is 1.27. The number of halogens is 1. The Kier molecular flexibility index (Phi) is 22.4. The summed E-state index contributed by atoms with van der Waals surface area (Å²) in [6.07, 6.45) is -32.3. The van der Waals surface area contributed by atoms with Gasteiger partial charge in [-0.3, -0.25) is 0 Å². The summed E-state index contributed by atoms with van der Waals surface area (Å²) >= 11 is 1.71. The Morgan fingerprint density at radius 1 is 0.591 bits per heavy atom. The van der Waals surface area contributed by atoms with Crippen LogP contribution in [-0.4, -0.2) is 288 Å². The van der Waals surface area contributed by atoms with E-state index in [1.807, 2.05) is 0 Å². The molecule has 35 atom stereocenters. The summed E-state index contributed by atoms with van der Waals surface area (Å²) in [5, 5.41) is 196. The lowest BCUT2D eigenvalue weighted by atomic mass is 9.38. The van der Waals surface area contributed by atoms with Crippen molar-refractivity contribution < 1.29 is 135 Å². The highest BCUT2D eigenvalue weighted by atomic mass is 127. The maximum Gasteiger partial charge on any atom is 0.187 e. The van der Waals surface area contributed by atoms with Gasteiger partial charge in [0.1, 0.15) is 108 Å². The van der Waals surface area contributed by atoms with E-state index in [1.54, 1.807) is 22.6 Å². The molecule has 0 aromatic heterocycles. The molecule has 4 saturated heterocycles. The highest BCUT2D eigenvalue weighted by molar-refractivity contribution is 14.1. The Labute approximate surface area is 526 Å². The zero-order valence-electron chi connectivity index (χ0n) is 51.3. The normalized spacial score (nSPS) is 52.2. The fourth-order valence-electron chi connectivity index (χ4n) is 17.3. The monoisotopic (exact) mass is 1380 g/mol. The van der Waals surface area contributed by atoms with Gasteiger partial charge in [-0.1, -0.05) is 53.2 Å². The Bertz CT molecular complexity index is 2330. The van der Waals surface area contributed by atoms with Crippen LogP contribution in [-0.2, 0) is 42.6 Å². The first-order valence-corrected chi connectivity index (χ1v) is 32.6. The maximum atomic E-state index is 12.8. The number of hydrogen-bond acceptors (Lipinski definition) is 27. The molecule has 4 aliphatic heterocycles. The smallest absolute Gasteiger partial charge is 0.187 e. The predicted molar refractivity (Wildman–Crippen MR) is 310 cm³/mol. The van der Waals surface area contributed by atoms with Crippen LogP contribution in [0.2, 0.25) is 0 Å². The molecule has 28 heteroatoms. The Hall–Kier alpha value is -0.610. The van der Waals surface area contributed by atoms with Gasteiger partial charge >= 0.3 is 0 Å². The molecule has 88 heavy (non-hydrogen) atoms. The highest BCUT2D eigenvalue weighted by Gasteiger charge is 2.70. The zero-order chi connectivity index (χ0) is 64.8. The first kappa shape index (κ1) is 71.7. The number of fused-ring (bicyclic) bond motifs is 5. The molecule has 0 amide bonds. The van der Waals surface area contributed by atoms with Crippen molar-refractivity contribution in [2.75, 3.05) is 26.4 Å². The first-order chi connectivity index (χ1) is 41.1. The quantitative estimate of drug-likeness (QED) is 0.0341. The molecule has 4 saturated carbocycles. The summed E-state index contributed by atoms with van der Waals surface area (Å²) in [5.74, 6) is -0.767. The summed E-state index contributed by atoms with van der Waals surface area (Å²) in [5.41, 5.74) is -2.34. The number of hydrogen-bond donors (Lipinski definition) is 18. The molecular weight excluding hydrogens is 1280 g/mol. The molecule has 18 N–H and O–H groups in total. The van der Waals surface area contributed by atoms with Gasteiger partial charge in [0, 0.05) is 23.4 Å². The summed E-state index contributed by atoms with van der Waals surface area (Å²) < 4.78 is 53.6. The topological polar surface area (TPSA) is 447 Å². The molecule has 0 bridgehead atoms. The number of aliphatic hydroxyl groups excluding tert-OH is 17. The van der Waals surface area contributed by atoms with Crippen LogP contribution in [0.25, 0.3) is 0 Å². The summed E-state index contributed by atoms with van der Waals surface area (Å²) in [6.45, 7) is 13.6. The van der Waals surface area contributed by atoms with E-state index in [-0.39, 0.29) is 47.3 Å². The van der Waals surface area contributed by atoms with Crippen LogP contribution in [0, 0.1) is 51.2 Å². The van der Waals surface area contributed by atoms with Crippen molar-refractivity contribution in [3.63, 3.8) is 0 Å². The van der Waals surface area contributed by atoms with E-state index in [4.69, 9.17) is 42.6 Å². The van der Waals surface area contributed by atoms with Crippen molar-refractivity contribution in [2.45, 2.75) is 282 Å². The summed E-state index contributed by atoms with van der Waals surface area (Å²) in [7, 11) is 0. The number of rotatable bonds is 19. The molecule has 27 nitrogen and oxygen atoms in total. The number of allylic oxidation sites excluding steroid dienone is 1. The van der Waals surface area contributed by atoms with Crippen LogP contribution in [0.3, 0.4) is 0 Å². The second-order valence-electron chi connectivity index (χ2n) is 28.8. The van der Waals surface area contributed by atoms with E-state index >= 15 is 0 Å². The molecule has 0 aromatic rings. The molecule has 8 fully saturated rings. The Balaban J connectivity index is 0.883. The van der Waals surface area contributed by atoms with E-state index in [0.717, 1.165) is 18.4 Å². The molecule has 0 spiro atoms. The highest BCUT2D eigenvalue weighted by Crippen LogP contribution is 2.75. The van der Waals surface area contributed by atoms with Gasteiger partial charge in [0.2, 0.25) is 0 Å². The molecule has 3 unspecified atom stereocenters. The lowest BCUT2D eigenvalue weighted by molar-refractivity contribution is -0.379. The molecule has 9 aliphatic rings. The Morgan fingerprint density at radius 3 is 1.82 bits per heavy atom. The fraction of sp³-hybridized carbons (Fsp3) is 0.967. The van der Waals surface area contributed by atoms with Gasteiger partial charge in [-0.2, -0.15) is 0 Å². The molecule has 4 heterocycles. The van der Waals surface area contributed by atoms with Crippen LogP contribution in [0.1, 0.15) is 113 Å². The molecule has 5 aliphatic carbocycles. The molecule has 0 aromatic carbocycles. The van der Waals surface area contributed by atoms with E-state index in [1.165, 1.54) is 13.8 Å². The minimum Gasteiger partial charge on any atom is -0.396 e. The molecule has 9 rings (SSSR count). The van der Waals surface area contributed by atoms with Gasteiger partial charge in [-0.05, 0) is 129 Å². The van der Waals surface area contributed by atoms with Crippen molar-refractivity contribution in [1.29, 1.82) is 0 Å². The van der Waals surface area contributed by atoms with Crippen LogP contribution >= 0.6 is 22.6 Å². The van der Waals surface area contributed by atoms with E-state index in [0.29, 0.717) is 32.1 Å². The van der Waals surface area contributed by atoms with Crippen LogP contribution in [0.4, 0.5) is 0 Å². The second kappa shape index (κ2) is 27.5. The van der Waals surface area contributed by atoms with Gasteiger partial charge in [-0.25, -0.2) is 0 Å². The number of alkyl halides is 1. The van der Waals surface area contributed by atoms with E-state index in [9.17, 15) is 91.9 Å². The molecule has 0 radical (unpaired) electrons. The van der Waals surface area contributed by atoms with Gasteiger partial charge in [0.05, 0.1) is 55.9 Å². The fourth-order valence-corrected chi connectivity index (χ4v) is 18.0. The van der Waals surface area contributed by atoms with Crippen molar-refractivity contribution in [1.82, 2.24) is 0 Å². The van der Waals surface area contributed by atoms with Crippen molar-refractivity contribution in [3.8, 4) is 0 Å². The lowest BCUT2D eigenvalue weighted by Gasteiger charge is -2.67. The van der Waals surface area contributed by atoms with E-state index < -0.39 is 212 Å². The van der Waals surface area contributed by atoms with Crippen LogP contribution in [0.15, 0.2) is 11.6 Å². The number of aliphatic hydroxyl groups is 18. The lowest BCUT2D eigenvalue weighted by Crippen LogP contribution is -2.65. The largest absolute Gasteiger partial charge is 0.396 e. The van der Waals surface area contributed by atoms with Crippen molar-refractivity contribution >= 4 is 22.6 Å². The third kappa shape index (κ3) is 12.9. The third-order valence-corrected chi connectivity index (χ3v) is 24.1. The third-order valence-electron chi connectivity index (χ3n) is 23.1. The minimum absolute atomic E-state index is 0.0138. The standard InChI is InChI=1S/C60H101IO27/c1-23(9-13-35(57(4,5)79)86-55-50(87-54-47(77)41(71)38(68)29(20-63)82-54)43(73)39(69)31(84-55)22-80-52-46(76)42(72)45(75)51(61)88-52)25-15-16-58(6)32-12-10-26-27(60(32,8)33(65)18-59(25,58)7)11-14-34(56(26,2)3)85-53-48(78)44(74)49(30(21-64)83-53)81-28-17-24(19-62)36(66)40(70)37(28)67/h10,23-25,27-55,62-79H,9,11-22H2,1-8H3/t23-,24-,25?,27?,28+,29-,30-,31-,32?,33-,34+,35-,36-,37+,38-,39-,40+,41+,42+,43+,44-,45+,46-,47-,48-,49-,50-,51+,52+,53+,54+,55+,58+,59-,60+/m1/s1. The van der Waals surface area contributed by atoms with E-state index in [2.05, 4.69) is 47.6 Å². The minimum atomic E-state index is -1.93.